The first kappa shape index (κ1) is 18.4. The summed E-state index contributed by atoms with van der Waals surface area (Å²) in [5.74, 6) is 1.83. The number of ether oxygens (including phenoxy) is 2. The van der Waals surface area contributed by atoms with Crippen molar-refractivity contribution >= 4 is 5.91 Å². The Morgan fingerprint density at radius 3 is 2.37 bits per heavy atom. The number of nitrogens with one attached hydrogen (secondary N) is 1. The molecule has 1 heterocycles. The second kappa shape index (κ2) is 7.90. The lowest BCUT2D eigenvalue weighted by Crippen LogP contribution is -2.30. The molecule has 140 valence electrons. The van der Waals surface area contributed by atoms with Crippen LogP contribution in [0.3, 0.4) is 0 Å². The Morgan fingerprint density at radius 2 is 1.74 bits per heavy atom. The Hall–Kier alpha value is -3.35. The van der Waals surface area contributed by atoms with Crippen LogP contribution in [0.4, 0.5) is 0 Å². The van der Waals surface area contributed by atoms with Crippen molar-refractivity contribution in [1.29, 1.82) is 0 Å². The lowest BCUT2D eigenvalue weighted by atomic mass is 10.1. The van der Waals surface area contributed by atoms with Crippen molar-refractivity contribution in [3.63, 3.8) is 0 Å². The predicted octanol–water partition coefficient (Wildman–Crippen LogP) is 3.56. The van der Waals surface area contributed by atoms with Gasteiger partial charge in [0, 0.05) is 28.8 Å². The van der Waals surface area contributed by atoms with Crippen LogP contribution in [0, 0.1) is 0 Å². The number of rotatable bonds is 6. The Kier molecular flexibility index (Phi) is 5.40. The molecule has 0 saturated heterocycles. The highest BCUT2D eigenvalue weighted by molar-refractivity contribution is 5.95. The predicted molar refractivity (Wildman–Crippen MR) is 101 cm³/mol. The summed E-state index contributed by atoms with van der Waals surface area (Å²) < 4.78 is 15.9. The van der Waals surface area contributed by atoms with E-state index < -0.39 is 0 Å². The number of carbonyl (C=O) groups excluding carboxylic acids is 1. The Labute approximate surface area is 157 Å². The van der Waals surface area contributed by atoms with Gasteiger partial charge in [0.1, 0.15) is 11.5 Å². The third-order valence-corrected chi connectivity index (χ3v) is 3.83. The molecule has 3 rings (SSSR count). The highest BCUT2D eigenvalue weighted by atomic mass is 16.5. The zero-order chi connectivity index (χ0) is 19.4. The fourth-order valence-corrected chi connectivity index (χ4v) is 2.53. The van der Waals surface area contributed by atoms with Crippen molar-refractivity contribution < 1.29 is 18.8 Å². The summed E-state index contributed by atoms with van der Waals surface area (Å²) in [6.07, 6.45) is 0. The Balaban J connectivity index is 1.91. The maximum absolute atomic E-state index is 12.2. The van der Waals surface area contributed by atoms with Crippen molar-refractivity contribution in [3.8, 4) is 34.3 Å². The van der Waals surface area contributed by atoms with Gasteiger partial charge in [-0.15, -0.1) is 0 Å². The number of hydrogen-bond acceptors (Lipinski definition) is 6. The SMILES string of the molecule is COc1cc(OC)cc(-c2nc(-c3cccc(C(=O)NC(C)C)c3)no2)c1. The van der Waals surface area contributed by atoms with E-state index in [4.69, 9.17) is 14.0 Å². The molecule has 0 atom stereocenters. The minimum absolute atomic E-state index is 0.0565. The zero-order valence-electron chi connectivity index (χ0n) is 15.6. The van der Waals surface area contributed by atoms with Crippen LogP contribution in [0.15, 0.2) is 47.0 Å². The maximum atomic E-state index is 12.2. The summed E-state index contributed by atoms with van der Waals surface area (Å²) in [4.78, 5) is 16.6. The van der Waals surface area contributed by atoms with E-state index in [1.54, 1.807) is 50.6 Å². The zero-order valence-corrected chi connectivity index (χ0v) is 15.6. The van der Waals surface area contributed by atoms with E-state index in [1.807, 2.05) is 19.9 Å². The van der Waals surface area contributed by atoms with Crippen molar-refractivity contribution in [3.05, 3.63) is 48.0 Å². The Bertz CT molecular complexity index is 928. The summed E-state index contributed by atoms with van der Waals surface area (Å²) in [6.45, 7) is 3.82. The Morgan fingerprint density at radius 1 is 1.04 bits per heavy atom. The molecule has 0 aliphatic carbocycles. The van der Waals surface area contributed by atoms with Gasteiger partial charge in [-0.3, -0.25) is 4.79 Å². The highest BCUT2D eigenvalue weighted by Gasteiger charge is 2.15. The average Bonchev–Trinajstić information content (AvgIpc) is 3.17. The van der Waals surface area contributed by atoms with E-state index >= 15 is 0 Å². The molecule has 0 bridgehead atoms. The molecule has 0 fully saturated rings. The van der Waals surface area contributed by atoms with E-state index in [0.717, 1.165) is 0 Å². The molecule has 3 aromatic rings. The molecule has 7 heteroatoms. The first-order chi connectivity index (χ1) is 13.0. The highest BCUT2D eigenvalue weighted by Crippen LogP contribution is 2.30. The molecule has 7 nitrogen and oxygen atoms in total. The summed E-state index contributed by atoms with van der Waals surface area (Å²) in [5.41, 5.74) is 1.91. The van der Waals surface area contributed by atoms with Crippen LogP contribution < -0.4 is 14.8 Å². The molecule has 0 spiro atoms. The largest absolute Gasteiger partial charge is 0.497 e. The van der Waals surface area contributed by atoms with Crippen molar-refractivity contribution in [2.45, 2.75) is 19.9 Å². The van der Waals surface area contributed by atoms with E-state index in [1.165, 1.54) is 0 Å². The van der Waals surface area contributed by atoms with Gasteiger partial charge in [-0.25, -0.2) is 0 Å². The number of nitrogens with zero attached hydrogens (tertiary/aromatic N) is 2. The van der Waals surface area contributed by atoms with Gasteiger partial charge in [0.2, 0.25) is 5.82 Å². The van der Waals surface area contributed by atoms with E-state index in [2.05, 4.69) is 15.5 Å². The summed E-state index contributed by atoms with van der Waals surface area (Å²) >= 11 is 0. The first-order valence-electron chi connectivity index (χ1n) is 8.48. The van der Waals surface area contributed by atoms with Gasteiger partial charge < -0.3 is 19.3 Å². The second-order valence-corrected chi connectivity index (χ2v) is 6.23. The summed E-state index contributed by atoms with van der Waals surface area (Å²) in [6, 6.07) is 12.5. The lowest BCUT2D eigenvalue weighted by molar-refractivity contribution is 0.0943. The van der Waals surface area contributed by atoms with Crippen molar-refractivity contribution in [1.82, 2.24) is 15.5 Å². The standard InChI is InChI=1S/C20H21N3O4/c1-12(2)21-19(24)14-7-5-6-13(8-14)18-22-20(27-23-18)15-9-16(25-3)11-17(10-15)26-4/h5-12H,1-4H3,(H,21,24). The van der Waals surface area contributed by atoms with Gasteiger partial charge in [-0.1, -0.05) is 17.3 Å². The van der Waals surface area contributed by atoms with Gasteiger partial charge in [-0.2, -0.15) is 4.98 Å². The number of aromatic nitrogens is 2. The van der Waals surface area contributed by atoms with Crippen LogP contribution in [0.1, 0.15) is 24.2 Å². The molecular weight excluding hydrogens is 346 g/mol. The molecule has 0 aliphatic heterocycles. The third-order valence-electron chi connectivity index (χ3n) is 3.83. The van der Waals surface area contributed by atoms with Gasteiger partial charge in [0.25, 0.3) is 11.8 Å². The van der Waals surface area contributed by atoms with Crippen LogP contribution in [-0.4, -0.2) is 36.3 Å². The van der Waals surface area contributed by atoms with Crippen molar-refractivity contribution in [2.24, 2.45) is 0 Å². The van der Waals surface area contributed by atoms with Crippen LogP contribution in [-0.2, 0) is 0 Å². The summed E-state index contributed by atoms with van der Waals surface area (Å²) in [5, 5.41) is 6.90. The number of amides is 1. The smallest absolute Gasteiger partial charge is 0.258 e. The molecule has 1 N–H and O–H groups in total. The quantitative estimate of drug-likeness (QED) is 0.717. The lowest BCUT2D eigenvalue weighted by Gasteiger charge is -2.08. The van der Waals surface area contributed by atoms with Crippen LogP contribution >= 0.6 is 0 Å². The van der Waals surface area contributed by atoms with Crippen LogP contribution in [0.2, 0.25) is 0 Å². The van der Waals surface area contributed by atoms with E-state index in [0.29, 0.717) is 39.9 Å². The molecule has 1 amide bonds. The first-order valence-corrected chi connectivity index (χ1v) is 8.48. The molecule has 0 aliphatic rings. The van der Waals surface area contributed by atoms with Gasteiger partial charge in [-0.05, 0) is 38.1 Å². The molecule has 27 heavy (non-hydrogen) atoms. The fraction of sp³-hybridized carbons (Fsp3) is 0.250. The topological polar surface area (TPSA) is 86.5 Å². The number of carbonyl (C=O) groups is 1. The molecule has 1 aromatic heterocycles. The van der Waals surface area contributed by atoms with Gasteiger partial charge >= 0.3 is 0 Å². The van der Waals surface area contributed by atoms with Crippen LogP contribution in [0.5, 0.6) is 11.5 Å². The minimum atomic E-state index is -0.145. The number of hydrogen-bond donors (Lipinski definition) is 1. The minimum Gasteiger partial charge on any atom is -0.497 e. The third kappa shape index (κ3) is 4.25. The van der Waals surface area contributed by atoms with Crippen LogP contribution in [0.25, 0.3) is 22.8 Å². The molecule has 0 unspecified atom stereocenters. The van der Waals surface area contributed by atoms with E-state index in [9.17, 15) is 4.79 Å². The molecular formula is C20H21N3O4. The normalized spacial score (nSPS) is 10.7. The fourth-order valence-electron chi connectivity index (χ4n) is 2.53. The molecule has 2 aromatic carbocycles. The monoisotopic (exact) mass is 367 g/mol. The number of benzene rings is 2. The molecule has 0 radical (unpaired) electrons. The second-order valence-electron chi connectivity index (χ2n) is 6.23. The van der Waals surface area contributed by atoms with Gasteiger partial charge in [0.15, 0.2) is 0 Å². The maximum Gasteiger partial charge on any atom is 0.258 e. The van der Waals surface area contributed by atoms with E-state index in [-0.39, 0.29) is 11.9 Å². The summed E-state index contributed by atoms with van der Waals surface area (Å²) in [7, 11) is 3.15. The average molecular weight is 367 g/mol. The van der Waals surface area contributed by atoms with Gasteiger partial charge in [0.05, 0.1) is 14.2 Å². The molecule has 0 saturated carbocycles. The number of methoxy groups -OCH3 is 2. The van der Waals surface area contributed by atoms with Crippen molar-refractivity contribution in [2.75, 3.05) is 14.2 Å².